The van der Waals surface area contributed by atoms with Gasteiger partial charge in [-0.05, 0) is 18.8 Å². The zero-order chi connectivity index (χ0) is 12.4. The van der Waals surface area contributed by atoms with Crippen LogP contribution in [0.3, 0.4) is 0 Å². The number of H-pyrrole nitrogens is 1. The van der Waals surface area contributed by atoms with E-state index in [2.05, 4.69) is 4.98 Å². The van der Waals surface area contributed by atoms with Crippen molar-refractivity contribution in [1.82, 2.24) is 9.55 Å². The van der Waals surface area contributed by atoms with Gasteiger partial charge in [0.1, 0.15) is 0 Å². The summed E-state index contributed by atoms with van der Waals surface area (Å²) in [6.45, 7) is 0.0395. The molecule has 1 aliphatic rings. The molecule has 6 nitrogen and oxygen atoms in total. The lowest BCUT2D eigenvalue weighted by atomic mass is 10.0. The maximum Gasteiger partial charge on any atom is 0.328 e. The first kappa shape index (κ1) is 12.1. The van der Waals surface area contributed by atoms with Crippen molar-refractivity contribution in [2.75, 3.05) is 13.2 Å². The summed E-state index contributed by atoms with van der Waals surface area (Å²) in [5, 5.41) is 18.4. The smallest absolute Gasteiger partial charge is 0.328 e. The zero-order valence-electron chi connectivity index (χ0n) is 9.37. The van der Waals surface area contributed by atoms with E-state index in [1.54, 1.807) is 0 Å². The molecule has 17 heavy (non-hydrogen) atoms. The van der Waals surface area contributed by atoms with Gasteiger partial charge in [-0.1, -0.05) is 0 Å². The highest BCUT2D eigenvalue weighted by atomic mass is 16.3. The molecule has 3 N–H and O–H groups in total. The Morgan fingerprint density at radius 3 is 2.65 bits per heavy atom. The SMILES string of the molecule is O=c1ccn([C@@H]2C[C@H](CO)C[C@H]2CO)c(=O)[nH]1. The monoisotopic (exact) mass is 240 g/mol. The Kier molecular flexibility index (Phi) is 3.44. The first-order valence-corrected chi connectivity index (χ1v) is 5.69. The Balaban J connectivity index is 2.32. The van der Waals surface area contributed by atoms with Crippen molar-refractivity contribution in [3.8, 4) is 0 Å². The average Bonchev–Trinajstić information content (AvgIpc) is 2.72. The Labute approximate surface area is 97.5 Å². The Bertz CT molecular complexity index is 493. The van der Waals surface area contributed by atoms with Gasteiger partial charge in [-0.25, -0.2) is 4.79 Å². The minimum absolute atomic E-state index is 0.0211. The van der Waals surface area contributed by atoms with Gasteiger partial charge in [-0.15, -0.1) is 0 Å². The van der Waals surface area contributed by atoms with Gasteiger partial charge in [0.2, 0.25) is 0 Å². The molecule has 0 aromatic carbocycles. The fourth-order valence-electron chi connectivity index (χ4n) is 2.59. The molecule has 0 amide bonds. The number of rotatable bonds is 3. The van der Waals surface area contributed by atoms with Crippen LogP contribution in [0.15, 0.2) is 21.9 Å². The van der Waals surface area contributed by atoms with E-state index in [4.69, 9.17) is 5.11 Å². The molecule has 6 heteroatoms. The predicted molar refractivity (Wildman–Crippen MR) is 60.7 cm³/mol. The predicted octanol–water partition coefficient (Wildman–Crippen LogP) is -0.912. The first-order valence-electron chi connectivity index (χ1n) is 5.69. The van der Waals surface area contributed by atoms with Gasteiger partial charge in [0.25, 0.3) is 5.56 Å². The molecule has 1 saturated carbocycles. The molecular weight excluding hydrogens is 224 g/mol. The maximum absolute atomic E-state index is 11.6. The van der Waals surface area contributed by atoms with E-state index < -0.39 is 11.2 Å². The molecule has 0 spiro atoms. The van der Waals surface area contributed by atoms with E-state index in [9.17, 15) is 14.7 Å². The van der Waals surface area contributed by atoms with Gasteiger partial charge in [0, 0.05) is 37.4 Å². The number of aliphatic hydroxyl groups excluding tert-OH is 2. The molecule has 0 saturated heterocycles. The van der Waals surface area contributed by atoms with E-state index in [1.165, 1.54) is 16.8 Å². The number of hydrogen-bond donors (Lipinski definition) is 3. The lowest BCUT2D eigenvalue weighted by Crippen LogP contribution is -2.33. The van der Waals surface area contributed by atoms with E-state index >= 15 is 0 Å². The highest BCUT2D eigenvalue weighted by Crippen LogP contribution is 2.38. The van der Waals surface area contributed by atoms with Gasteiger partial charge in [0.05, 0.1) is 0 Å². The maximum atomic E-state index is 11.6. The Hall–Kier alpha value is -1.40. The highest BCUT2D eigenvalue weighted by Gasteiger charge is 2.34. The minimum Gasteiger partial charge on any atom is -0.396 e. The number of aromatic amines is 1. The van der Waals surface area contributed by atoms with Crippen molar-refractivity contribution in [3.05, 3.63) is 33.1 Å². The second-order valence-corrected chi connectivity index (χ2v) is 4.55. The fraction of sp³-hybridized carbons (Fsp3) is 0.636. The topological polar surface area (TPSA) is 95.3 Å². The van der Waals surface area contributed by atoms with Crippen LogP contribution < -0.4 is 11.2 Å². The third kappa shape index (κ3) is 2.32. The molecule has 1 aromatic rings. The summed E-state index contributed by atoms with van der Waals surface area (Å²) in [6, 6.07) is 1.14. The van der Waals surface area contributed by atoms with Crippen LogP contribution in [0.1, 0.15) is 18.9 Å². The first-order chi connectivity index (χ1) is 8.15. The summed E-state index contributed by atoms with van der Waals surface area (Å²) in [5.41, 5.74) is -0.886. The van der Waals surface area contributed by atoms with Gasteiger partial charge in [-0.3, -0.25) is 14.3 Å². The van der Waals surface area contributed by atoms with Gasteiger partial charge < -0.3 is 10.2 Å². The number of aromatic nitrogens is 2. The van der Waals surface area contributed by atoms with Crippen LogP contribution in [0.2, 0.25) is 0 Å². The molecule has 2 rings (SSSR count). The third-order valence-electron chi connectivity index (χ3n) is 3.46. The molecule has 0 unspecified atom stereocenters. The van der Waals surface area contributed by atoms with Crippen LogP contribution in [-0.4, -0.2) is 33.0 Å². The van der Waals surface area contributed by atoms with Crippen molar-refractivity contribution in [1.29, 1.82) is 0 Å². The number of aliphatic hydroxyl groups is 2. The van der Waals surface area contributed by atoms with Gasteiger partial charge >= 0.3 is 5.69 Å². The summed E-state index contributed by atoms with van der Waals surface area (Å²) >= 11 is 0. The van der Waals surface area contributed by atoms with E-state index in [1.807, 2.05) is 0 Å². The molecule has 1 heterocycles. The van der Waals surface area contributed by atoms with Crippen LogP contribution in [0.4, 0.5) is 0 Å². The quantitative estimate of drug-likeness (QED) is 0.637. The molecule has 0 bridgehead atoms. The van der Waals surface area contributed by atoms with Crippen molar-refractivity contribution < 1.29 is 10.2 Å². The molecule has 1 fully saturated rings. The van der Waals surface area contributed by atoms with Crippen LogP contribution in [0.25, 0.3) is 0 Å². The number of hydrogen-bond acceptors (Lipinski definition) is 4. The molecule has 94 valence electrons. The van der Waals surface area contributed by atoms with Crippen LogP contribution in [0.5, 0.6) is 0 Å². The molecular formula is C11H16N2O4. The molecule has 1 aliphatic carbocycles. The summed E-state index contributed by atoms with van der Waals surface area (Å²) in [6.07, 6.45) is 2.80. The second kappa shape index (κ2) is 4.85. The minimum atomic E-state index is -0.459. The lowest BCUT2D eigenvalue weighted by molar-refractivity contribution is 0.187. The van der Waals surface area contributed by atoms with E-state index in [0.717, 1.165) is 0 Å². The molecule has 3 atom stereocenters. The molecule has 1 aromatic heterocycles. The second-order valence-electron chi connectivity index (χ2n) is 4.55. The van der Waals surface area contributed by atoms with Crippen molar-refractivity contribution >= 4 is 0 Å². The van der Waals surface area contributed by atoms with E-state index in [0.29, 0.717) is 12.8 Å². The average molecular weight is 240 g/mol. The summed E-state index contributed by atoms with van der Waals surface area (Å²) in [5.74, 6) is 0.0618. The number of nitrogens with one attached hydrogen (secondary N) is 1. The summed E-state index contributed by atoms with van der Waals surface area (Å²) in [4.78, 5) is 24.8. The standard InChI is InChI=1S/C11H16N2O4/c14-5-7-3-8(6-15)9(4-7)13-2-1-10(16)12-11(13)17/h1-2,7-9,14-15H,3-6H2,(H,12,16,17)/t7-,8+,9-/m1/s1. The van der Waals surface area contributed by atoms with Gasteiger partial charge in [0.15, 0.2) is 0 Å². The van der Waals surface area contributed by atoms with Crippen LogP contribution in [-0.2, 0) is 0 Å². The van der Waals surface area contributed by atoms with Gasteiger partial charge in [-0.2, -0.15) is 0 Å². The van der Waals surface area contributed by atoms with E-state index in [-0.39, 0.29) is 31.1 Å². The summed E-state index contributed by atoms with van der Waals surface area (Å²) in [7, 11) is 0. The fourth-order valence-corrected chi connectivity index (χ4v) is 2.59. The molecule has 0 aliphatic heterocycles. The Morgan fingerprint density at radius 2 is 2.06 bits per heavy atom. The van der Waals surface area contributed by atoms with Crippen molar-refractivity contribution in [2.45, 2.75) is 18.9 Å². The largest absolute Gasteiger partial charge is 0.396 e. The Morgan fingerprint density at radius 1 is 1.29 bits per heavy atom. The van der Waals surface area contributed by atoms with Crippen LogP contribution >= 0.6 is 0 Å². The normalized spacial score (nSPS) is 28.5. The molecule has 0 radical (unpaired) electrons. The zero-order valence-corrected chi connectivity index (χ0v) is 9.37. The summed E-state index contributed by atoms with van der Waals surface area (Å²) < 4.78 is 1.44. The third-order valence-corrected chi connectivity index (χ3v) is 3.46. The lowest BCUT2D eigenvalue weighted by Gasteiger charge is -2.19. The van der Waals surface area contributed by atoms with Crippen LogP contribution in [0, 0.1) is 11.8 Å². The number of nitrogens with zero attached hydrogens (tertiary/aromatic N) is 1. The highest BCUT2D eigenvalue weighted by molar-refractivity contribution is 4.92. The van der Waals surface area contributed by atoms with Crippen molar-refractivity contribution in [2.24, 2.45) is 11.8 Å². The van der Waals surface area contributed by atoms with Crippen molar-refractivity contribution in [3.63, 3.8) is 0 Å².